The van der Waals surface area contributed by atoms with Crippen molar-refractivity contribution in [3.8, 4) is 0 Å². The van der Waals surface area contributed by atoms with E-state index in [2.05, 4.69) is 39.8 Å². The van der Waals surface area contributed by atoms with Gasteiger partial charge in [0.15, 0.2) is 12.5 Å². The Kier molecular flexibility index (Phi) is 5.46. The van der Waals surface area contributed by atoms with Gasteiger partial charge in [-0.1, -0.05) is 51.8 Å². The van der Waals surface area contributed by atoms with Crippen LogP contribution in [0.3, 0.4) is 0 Å². The molecule has 29 heavy (non-hydrogen) atoms. The summed E-state index contributed by atoms with van der Waals surface area (Å²) in [6.07, 6.45) is 9.77. The Balaban J connectivity index is 1.60. The van der Waals surface area contributed by atoms with Crippen molar-refractivity contribution >= 4 is 5.91 Å². The molecule has 2 fully saturated rings. The molecule has 2 N–H and O–H groups in total. The molecule has 1 heterocycles. The van der Waals surface area contributed by atoms with E-state index in [0.29, 0.717) is 18.3 Å². The molecular weight excluding hydrogens is 366 g/mol. The molecular formula is C24H37NO4. The molecule has 1 saturated heterocycles. The van der Waals surface area contributed by atoms with Crippen LogP contribution in [0.25, 0.3) is 0 Å². The molecule has 0 aromatic rings. The van der Waals surface area contributed by atoms with Gasteiger partial charge in [-0.2, -0.15) is 5.06 Å². The van der Waals surface area contributed by atoms with Gasteiger partial charge in [-0.05, 0) is 60.8 Å². The monoisotopic (exact) mass is 403 g/mol. The Hall–Kier alpha value is -1.17. The van der Waals surface area contributed by atoms with Gasteiger partial charge in [0, 0.05) is 18.3 Å². The number of allylic oxidation sites excluding steroid dienone is 4. The van der Waals surface area contributed by atoms with Gasteiger partial charge in [-0.15, -0.1) is 0 Å². The van der Waals surface area contributed by atoms with Crippen LogP contribution in [-0.2, 0) is 9.63 Å². The van der Waals surface area contributed by atoms with Gasteiger partial charge >= 0.3 is 0 Å². The fraction of sp³-hybridized carbons (Fsp3) is 0.792. The predicted molar refractivity (Wildman–Crippen MR) is 111 cm³/mol. The molecule has 5 heteroatoms. The van der Waals surface area contributed by atoms with Crippen LogP contribution in [0, 0.1) is 28.6 Å². The maximum Gasteiger partial charge on any atom is 0.248 e. The summed E-state index contributed by atoms with van der Waals surface area (Å²) in [5.41, 5.74) is 2.72. The summed E-state index contributed by atoms with van der Waals surface area (Å²) in [6, 6.07) is 0. The van der Waals surface area contributed by atoms with Crippen molar-refractivity contribution in [1.82, 2.24) is 5.06 Å². The number of aliphatic hydroxyl groups is 2. The average Bonchev–Trinajstić information content (AvgIpc) is 2.99. The normalized spacial score (nSPS) is 41.0. The zero-order chi connectivity index (χ0) is 21.0. The number of carbonyl (C=O) groups is 1. The first kappa shape index (κ1) is 21.1. The number of rotatable bonds is 4. The number of hydroxylamine groups is 2. The van der Waals surface area contributed by atoms with Crippen molar-refractivity contribution in [2.45, 2.75) is 91.6 Å². The first-order chi connectivity index (χ1) is 13.7. The lowest BCUT2D eigenvalue weighted by atomic mass is 9.46. The van der Waals surface area contributed by atoms with Gasteiger partial charge in [0.1, 0.15) is 0 Å². The van der Waals surface area contributed by atoms with Crippen molar-refractivity contribution < 1.29 is 19.8 Å². The van der Waals surface area contributed by atoms with Crippen LogP contribution in [0.2, 0.25) is 0 Å². The summed E-state index contributed by atoms with van der Waals surface area (Å²) < 4.78 is 0. The van der Waals surface area contributed by atoms with Gasteiger partial charge < -0.3 is 10.2 Å². The Morgan fingerprint density at radius 1 is 1.21 bits per heavy atom. The van der Waals surface area contributed by atoms with Crippen LogP contribution in [0.5, 0.6) is 0 Å². The molecule has 1 saturated carbocycles. The molecule has 0 spiro atoms. The zero-order valence-corrected chi connectivity index (χ0v) is 18.4. The minimum absolute atomic E-state index is 0.119. The molecule has 4 aliphatic rings. The lowest BCUT2D eigenvalue weighted by molar-refractivity contribution is -0.330. The van der Waals surface area contributed by atoms with E-state index >= 15 is 0 Å². The van der Waals surface area contributed by atoms with E-state index in [9.17, 15) is 15.0 Å². The van der Waals surface area contributed by atoms with Crippen LogP contribution < -0.4 is 0 Å². The molecule has 0 bridgehead atoms. The molecule has 1 aliphatic heterocycles. The predicted octanol–water partition coefficient (Wildman–Crippen LogP) is 4.31. The summed E-state index contributed by atoms with van der Waals surface area (Å²) >= 11 is 0. The molecule has 4 rings (SSSR count). The number of nitrogens with zero attached hydrogens (tertiary/aromatic N) is 1. The minimum atomic E-state index is -1.09. The summed E-state index contributed by atoms with van der Waals surface area (Å²) in [7, 11) is 0. The quantitative estimate of drug-likeness (QED) is 0.686. The second kappa shape index (κ2) is 7.51. The fourth-order valence-corrected chi connectivity index (χ4v) is 6.69. The Labute approximate surface area is 174 Å². The standard InChI is InChI=1S/C24H37NO4/c1-15(2)16-6-8-18-17(14-16)7-9-19-23(18,3)12-5-13-24(19,4)22(28)29-25-20(26)10-11-21(25)27/h7,14-15,18-20,22,26,28H,5-6,8-13H2,1-4H3/t18?,19?,20-,22+,23+,24+/m0/s1. The van der Waals surface area contributed by atoms with Gasteiger partial charge in [-0.3, -0.25) is 4.79 Å². The van der Waals surface area contributed by atoms with Crippen LogP contribution in [0.15, 0.2) is 23.3 Å². The minimum Gasteiger partial charge on any atom is -0.371 e. The molecule has 162 valence electrons. The van der Waals surface area contributed by atoms with Crippen LogP contribution in [-0.4, -0.2) is 33.7 Å². The van der Waals surface area contributed by atoms with Crippen LogP contribution in [0.1, 0.15) is 79.1 Å². The highest BCUT2D eigenvalue weighted by Crippen LogP contribution is 2.63. The van der Waals surface area contributed by atoms with Crippen molar-refractivity contribution in [2.75, 3.05) is 0 Å². The smallest absolute Gasteiger partial charge is 0.248 e. The van der Waals surface area contributed by atoms with E-state index in [1.807, 2.05) is 0 Å². The molecule has 1 amide bonds. The van der Waals surface area contributed by atoms with E-state index < -0.39 is 17.9 Å². The van der Waals surface area contributed by atoms with Crippen molar-refractivity contribution in [3.63, 3.8) is 0 Å². The second-order valence-electron chi connectivity index (χ2n) is 10.5. The molecule has 0 radical (unpaired) electrons. The first-order valence-corrected chi connectivity index (χ1v) is 11.4. The van der Waals surface area contributed by atoms with Crippen molar-refractivity contribution in [2.24, 2.45) is 28.6 Å². The van der Waals surface area contributed by atoms with Gasteiger partial charge in [0.25, 0.3) is 0 Å². The van der Waals surface area contributed by atoms with Crippen molar-refractivity contribution in [1.29, 1.82) is 0 Å². The van der Waals surface area contributed by atoms with Gasteiger partial charge in [0.2, 0.25) is 5.91 Å². The SMILES string of the molecule is CC(C)C1=CC2=CCC3[C@](C)(CCC[C@@]3(C)[C@H](O)ON3C(=O)CC[C@@H]3O)C2CC1. The Bertz CT molecular complexity index is 728. The Morgan fingerprint density at radius 2 is 1.97 bits per heavy atom. The van der Waals surface area contributed by atoms with E-state index in [0.717, 1.165) is 37.2 Å². The second-order valence-corrected chi connectivity index (χ2v) is 10.5. The topological polar surface area (TPSA) is 70.0 Å². The van der Waals surface area contributed by atoms with E-state index in [1.165, 1.54) is 12.0 Å². The number of amides is 1. The van der Waals surface area contributed by atoms with Crippen LogP contribution in [0.4, 0.5) is 0 Å². The molecule has 2 unspecified atom stereocenters. The third-order valence-electron chi connectivity index (χ3n) is 8.54. The lowest BCUT2D eigenvalue weighted by Crippen LogP contribution is -2.56. The first-order valence-electron chi connectivity index (χ1n) is 11.4. The zero-order valence-electron chi connectivity index (χ0n) is 18.4. The van der Waals surface area contributed by atoms with E-state index in [-0.39, 0.29) is 23.7 Å². The molecule has 5 nitrogen and oxygen atoms in total. The maximum absolute atomic E-state index is 12.0. The average molecular weight is 404 g/mol. The third kappa shape index (κ3) is 3.39. The van der Waals surface area contributed by atoms with E-state index in [4.69, 9.17) is 4.84 Å². The summed E-state index contributed by atoms with van der Waals surface area (Å²) in [5.74, 6) is 1.16. The fourth-order valence-electron chi connectivity index (χ4n) is 6.69. The Morgan fingerprint density at radius 3 is 2.62 bits per heavy atom. The highest BCUT2D eigenvalue weighted by Gasteiger charge is 2.57. The van der Waals surface area contributed by atoms with Crippen molar-refractivity contribution in [3.05, 3.63) is 23.3 Å². The number of hydrogen-bond donors (Lipinski definition) is 2. The van der Waals surface area contributed by atoms with Gasteiger partial charge in [-0.25, -0.2) is 4.84 Å². The number of aliphatic hydroxyl groups excluding tert-OH is 2. The summed E-state index contributed by atoms with van der Waals surface area (Å²) in [5, 5.41) is 22.2. The highest BCUT2D eigenvalue weighted by atomic mass is 16.8. The summed E-state index contributed by atoms with van der Waals surface area (Å²) in [6.45, 7) is 9.08. The third-order valence-corrected chi connectivity index (χ3v) is 8.54. The van der Waals surface area contributed by atoms with Crippen LogP contribution >= 0.6 is 0 Å². The molecule has 6 atom stereocenters. The largest absolute Gasteiger partial charge is 0.371 e. The maximum atomic E-state index is 12.0. The number of hydrogen-bond acceptors (Lipinski definition) is 4. The number of fused-ring (bicyclic) bond motifs is 3. The molecule has 3 aliphatic carbocycles. The lowest BCUT2D eigenvalue weighted by Gasteiger charge is -2.59. The molecule has 0 aromatic carbocycles. The number of carbonyl (C=O) groups excluding carboxylic acids is 1. The molecule has 0 aromatic heterocycles. The van der Waals surface area contributed by atoms with Gasteiger partial charge in [0.05, 0.1) is 0 Å². The highest BCUT2D eigenvalue weighted by molar-refractivity contribution is 5.77. The van der Waals surface area contributed by atoms with E-state index in [1.54, 1.807) is 5.57 Å². The summed E-state index contributed by atoms with van der Waals surface area (Å²) in [4.78, 5) is 17.8.